The topological polar surface area (TPSA) is 64.6 Å². The molecule has 0 bridgehead atoms. The van der Waals surface area contributed by atoms with E-state index in [1.165, 1.54) is 23.5 Å². The number of fused-ring (bicyclic) bond motifs is 1. The predicted molar refractivity (Wildman–Crippen MR) is 85.1 cm³/mol. The van der Waals surface area contributed by atoms with E-state index in [1.54, 1.807) is 6.07 Å². The Morgan fingerprint density at radius 1 is 1.14 bits per heavy atom. The van der Waals surface area contributed by atoms with Crippen LogP contribution in [0.3, 0.4) is 0 Å². The molecule has 118 valence electrons. The highest BCUT2D eigenvalue weighted by Crippen LogP contribution is 2.33. The SMILES string of the molecule is CC(C)(NS(=O)(=O)c1ccc2c(c1)OCCO2)c1cccs1. The standard InChI is InChI=1S/C15H17NO4S2/c1-15(2,14-4-3-9-21-14)16-22(17,18)11-5-6-12-13(10-11)20-8-7-19-12/h3-6,9-10,16H,7-8H2,1-2H3. The Morgan fingerprint density at radius 3 is 2.55 bits per heavy atom. The molecule has 1 aromatic carbocycles. The van der Waals surface area contributed by atoms with Gasteiger partial charge in [0.05, 0.1) is 10.4 Å². The molecular weight excluding hydrogens is 322 g/mol. The molecule has 0 saturated carbocycles. The van der Waals surface area contributed by atoms with Crippen molar-refractivity contribution in [2.75, 3.05) is 13.2 Å². The van der Waals surface area contributed by atoms with Crippen molar-refractivity contribution in [3.63, 3.8) is 0 Å². The van der Waals surface area contributed by atoms with Gasteiger partial charge in [0.15, 0.2) is 11.5 Å². The summed E-state index contributed by atoms with van der Waals surface area (Å²) in [5, 5.41) is 1.93. The molecule has 1 aliphatic rings. The van der Waals surface area contributed by atoms with Crippen molar-refractivity contribution in [3.8, 4) is 11.5 Å². The van der Waals surface area contributed by atoms with E-state index in [4.69, 9.17) is 9.47 Å². The van der Waals surface area contributed by atoms with Gasteiger partial charge in [-0.3, -0.25) is 0 Å². The highest BCUT2D eigenvalue weighted by atomic mass is 32.2. The molecule has 22 heavy (non-hydrogen) atoms. The lowest BCUT2D eigenvalue weighted by Crippen LogP contribution is -2.40. The lowest BCUT2D eigenvalue weighted by atomic mass is 10.1. The summed E-state index contributed by atoms with van der Waals surface area (Å²) in [6.45, 7) is 4.58. The molecule has 0 unspecified atom stereocenters. The molecule has 0 radical (unpaired) electrons. The van der Waals surface area contributed by atoms with E-state index in [1.807, 2.05) is 31.4 Å². The van der Waals surface area contributed by atoms with Crippen LogP contribution in [-0.4, -0.2) is 21.6 Å². The number of benzene rings is 1. The van der Waals surface area contributed by atoms with Crippen LogP contribution in [0.4, 0.5) is 0 Å². The molecule has 5 nitrogen and oxygen atoms in total. The van der Waals surface area contributed by atoms with Gasteiger partial charge in [0, 0.05) is 10.9 Å². The van der Waals surface area contributed by atoms with Gasteiger partial charge in [0.2, 0.25) is 10.0 Å². The largest absolute Gasteiger partial charge is 0.486 e. The minimum Gasteiger partial charge on any atom is -0.486 e. The summed E-state index contributed by atoms with van der Waals surface area (Å²) in [7, 11) is -3.66. The number of sulfonamides is 1. The summed E-state index contributed by atoms with van der Waals surface area (Å²) >= 11 is 1.52. The summed E-state index contributed by atoms with van der Waals surface area (Å²) < 4.78 is 38.9. The van der Waals surface area contributed by atoms with Crippen molar-refractivity contribution in [2.24, 2.45) is 0 Å². The lowest BCUT2D eigenvalue weighted by molar-refractivity contribution is 0.171. The number of thiophene rings is 1. The van der Waals surface area contributed by atoms with Gasteiger partial charge in [-0.1, -0.05) is 6.07 Å². The lowest BCUT2D eigenvalue weighted by Gasteiger charge is -2.25. The van der Waals surface area contributed by atoms with E-state index >= 15 is 0 Å². The van der Waals surface area contributed by atoms with Crippen LogP contribution in [0.5, 0.6) is 11.5 Å². The zero-order valence-electron chi connectivity index (χ0n) is 12.3. The summed E-state index contributed by atoms with van der Waals surface area (Å²) in [6.07, 6.45) is 0. The fraction of sp³-hybridized carbons (Fsp3) is 0.333. The Balaban J connectivity index is 1.90. The third-order valence-electron chi connectivity index (χ3n) is 3.35. The summed E-state index contributed by atoms with van der Waals surface area (Å²) in [5.74, 6) is 1.03. The summed E-state index contributed by atoms with van der Waals surface area (Å²) in [5.41, 5.74) is -0.680. The molecule has 0 atom stereocenters. The number of hydrogen-bond donors (Lipinski definition) is 1. The van der Waals surface area contributed by atoms with Gasteiger partial charge >= 0.3 is 0 Å². The monoisotopic (exact) mass is 339 g/mol. The first kappa shape index (κ1) is 15.3. The zero-order valence-corrected chi connectivity index (χ0v) is 14.0. The Hall–Kier alpha value is -1.57. The minimum absolute atomic E-state index is 0.168. The van der Waals surface area contributed by atoms with E-state index in [2.05, 4.69) is 4.72 Å². The van der Waals surface area contributed by atoms with Gasteiger partial charge in [-0.2, -0.15) is 0 Å². The van der Waals surface area contributed by atoms with Crippen molar-refractivity contribution >= 4 is 21.4 Å². The van der Waals surface area contributed by atoms with Crippen LogP contribution in [0, 0.1) is 0 Å². The Bertz CT molecular complexity index is 767. The third kappa shape index (κ3) is 2.97. The van der Waals surface area contributed by atoms with Crippen LogP contribution in [0.15, 0.2) is 40.6 Å². The van der Waals surface area contributed by atoms with Crippen LogP contribution in [0.25, 0.3) is 0 Å². The molecule has 1 aliphatic heterocycles. The summed E-state index contributed by atoms with van der Waals surface area (Å²) in [4.78, 5) is 1.12. The molecule has 0 fully saturated rings. The second-order valence-corrected chi connectivity index (χ2v) is 8.14. The maximum Gasteiger partial charge on any atom is 0.241 e. The van der Waals surface area contributed by atoms with Gasteiger partial charge < -0.3 is 9.47 Å². The molecule has 2 aromatic rings. The molecule has 0 spiro atoms. The Morgan fingerprint density at radius 2 is 1.86 bits per heavy atom. The number of nitrogens with one attached hydrogen (secondary N) is 1. The van der Waals surface area contributed by atoms with Crippen LogP contribution in [0.1, 0.15) is 18.7 Å². The zero-order chi connectivity index (χ0) is 15.8. The second-order valence-electron chi connectivity index (χ2n) is 5.51. The highest BCUT2D eigenvalue weighted by molar-refractivity contribution is 7.89. The molecule has 7 heteroatoms. The van der Waals surface area contributed by atoms with E-state index in [0.29, 0.717) is 24.7 Å². The van der Waals surface area contributed by atoms with E-state index in [9.17, 15) is 8.42 Å². The molecule has 0 saturated heterocycles. The first-order valence-electron chi connectivity index (χ1n) is 6.86. The average molecular weight is 339 g/mol. The third-order valence-corrected chi connectivity index (χ3v) is 6.20. The Labute approximate surface area is 133 Å². The average Bonchev–Trinajstić information content (AvgIpc) is 3.01. The Kier molecular flexibility index (Phi) is 3.88. The van der Waals surface area contributed by atoms with Gasteiger partial charge in [-0.15, -0.1) is 11.3 Å². The first-order valence-corrected chi connectivity index (χ1v) is 9.22. The van der Waals surface area contributed by atoms with E-state index in [-0.39, 0.29) is 4.90 Å². The van der Waals surface area contributed by atoms with Crippen LogP contribution in [-0.2, 0) is 15.6 Å². The normalized spacial score (nSPS) is 14.8. The molecule has 3 rings (SSSR count). The maximum absolute atomic E-state index is 12.6. The quantitative estimate of drug-likeness (QED) is 0.930. The number of hydrogen-bond acceptors (Lipinski definition) is 5. The molecule has 0 amide bonds. The van der Waals surface area contributed by atoms with Gasteiger partial charge in [-0.25, -0.2) is 13.1 Å². The smallest absolute Gasteiger partial charge is 0.241 e. The van der Waals surface area contributed by atoms with Crippen LogP contribution < -0.4 is 14.2 Å². The fourth-order valence-corrected chi connectivity index (χ4v) is 4.55. The highest BCUT2D eigenvalue weighted by Gasteiger charge is 2.29. The van der Waals surface area contributed by atoms with Crippen molar-refractivity contribution in [2.45, 2.75) is 24.3 Å². The number of ether oxygens (including phenoxy) is 2. The van der Waals surface area contributed by atoms with Crippen molar-refractivity contribution in [3.05, 3.63) is 40.6 Å². The van der Waals surface area contributed by atoms with Crippen LogP contribution >= 0.6 is 11.3 Å². The van der Waals surface area contributed by atoms with Gasteiger partial charge in [0.1, 0.15) is 13.2 Å². The molecule has 2 heterocycles. The van der Waals surface area contributed by atoms with Crippen molar-refractivity contribution in [1.29, 1.82) is 0 Å². The minimum atomic E-state index is -3.66. The molecule has 0 aliphatic carbocycles. The maximum atomic E-state index is 12.6. The first-order chi connectivity index (χ1) is 10.4. The molecule has 1 N–H and O–H groups in total. The van der Waals surface area contributed by atoms with E-state index in [0.717, 1.165) is 4.88 Å². The molecular formula is C15H17NO4S2. The molecule has 1 aromatic heterocycles. The summed E-state index contributed by atoms with van der Waals surface area (Å²) in [6, 6.07) is 8.47. The second kappa shape index (κ2) is 5.57. The van der Waals surface area contributed by atoms with Gasteiger partial charge in [0.25, 0.3) is 0 Å². The van der Waals surface area contributed by atoms with Crippen molar-refractivity contribution in [1.82, 2.24) is 4.72 Å². The van der Waals surface area contributed by atoms with E-state index < -0.39 is 15.6 Å². The van der Waals surface area contributed by atoms with Crippen LogP contribution in [0.2, 0.25) is 0 Å². The van der Waals surface area contributed by atoms with Crippen molar-refractivity contribution < 1.29 is 17.9 Å². The predicted octanol–water partition coefficient (Wildman–Crippen LogP) is 2.73. The fourth-order valence-electron chi connectivity index (χ4n) is 2.27. The van der Waals surface area contributed by atoms with Gasteiger partial charge in [-0.05, 0) is 37.4 Å². The number of rotatable bonds is 4.